The molecule has 0 amide bonds. The Bertz CT molecular complexity index is 821. The van der Waals surface area contributed by atoms with E-state index in [2.05, 4.69) is 14.9 Å². The zero-order valence-corrected chi connectivity index (χ0v) is 11.0. The van der Waals surface area contributed by atoms with Gasteiger partial charge < -0.3 is 14.9 Å². The van der Waals surface area contributed by atoms with E-state index in [0.29, 0.717) is 22.6 Å². The fourth-order valence-electron chi connectivity index (χ4n) is 2.05. The Balaban J connectivity index is 2.20. The number of aromatic hydroxyl groups is 2. The number of ether oxygens (including phenoxy) is 1. The standard InChI is InChI=1S/C14H11N3O4/c1-21-14(20)8-2-3-12-15-16-13(17(12)7-8)9-4-10(18)6-11(19)5-9/h2-7,18-19H,1H3. The minimum absolute atomic E-state index is 0.0918. The number of hydrogen-bond acceptors (Lipinski definition) is 6. The quantitative estimate of drug-likeness (QED) is 0.694. The number of esters is 1. The van der Waals surface area contributed by atoms with Gasteiger partial charge in [-0.15, -0.1) is 10.2 Å². The molecular formula is C14H11N3O4. The number of rotatable bonds is 2. The van der Waals surface area contributed by atoms with Gasteiger partial charge in [-0.1, -0.05) is 0 Å². The van der Waals surface area contributed by atoms with Gasteiger partial charge in [-0.3, -0.25) is 4.40 Å². The number of carbonyl (C=O) groups excluding carboxylic acids is 1. The summed E-state index contributed by atoms with van der Waals surface area (Å²) < 4.78 is 6.26. The van der Waals surface area contributed by atoms with Crippen molar-refractivity contribution in [2.45, 2.75) is 0 Å². The zero-order valence-electron chi connectivity index (χ0n) is 11.0. The van der Waals surface area contributed by atoms with Gasteiger partial charge in [-0.05, 0) is 24.3 Å². The molecular weight excluding hydrogens is 274 g/mol. The van der Waals surface area contributed by atoms with Crippen LogP contribution < -0.4 is 0 Å². The second kappa shape index (κ2) is 4.78. The molecule has 3 aromatic rings. The van der Waals surface area contributed by atoms with Crippen molar-refractivity contribution in [2.24, 2.45) is 0 Å². The molecule has 7 nitrogen and oxygen atoms in total. The number of aromatic nitrogens is 3. The predicted octanol–water partition coefficient (Wildman–Crippen LogP) is 1.59. The van der Waals surface area contributed by atoms with Crippen LogP contribution in [0, 0.1) is 0 Å². The highest BCUT2D eigenvalue weighted by Gasteiger charge is 2.13. The van der Waals surface area contributed by atoms with E-state index in [1.54, 1.807) is 16.5 Å². The Kier molecular flexibility index (Phi) is 2.94. The van der Waals surface area contributed by atoms with Crippen molar-refractivity contribution in [1.29, 1.82) is 0 Å². The van der Waals surface area contributed by atoms with E-state index in [1.807, 2.05) is 0 Å². The lowest BCUT2D eigenvalue weighted by atomic mass is 10.2. The molecule has 0 bridgehead atoms. The monoisotopic (exact) mass is 285 g/mol. The molecule has 1 aromatic carbocycles. The van der Waals surface area contributed by atoms with Crippen LogP contribution >= 0.6 is 0 Å². The SMILES string of the molecule is COC(=O)c1ccc2nnc(-c3cc(O)cc(O)c3)n2c1. The second-order valence-corrected chi connectivity index (χ2v) is 4.40. The molecule has 106 valence electrons. The summed E-state index contributed by atoms with van der Waals surface area (Å²) in [6.07, 6.45) is 1.54. The Morgan fingerprint density at radius 1 is 1.14 bits per heavy atom. The van der Waals surface area contributed by atoms with Gasteiger partial charge >= 0.3 is 5.97 Å². The molecule has 0 atom stereocenters. The molecule has 0 fully saturated rings. The molecule has 2 N–H and O–H groups in total. The highest BCUT2D eigenvalue weighted by Crippen LogP contribution is 2.27. The van der Waals surface area contributed by atoms with Gasteiger partial charge in [-0.2, -0.15) is 0 Å². The lowest BCUT2D eigenvalue weighted by Crippen LogP contribution is -2.03. The smallest absolute Gasteiger partial charge is 0.339 e. The van der Waals surface area contributed by atoms with E-state index >= 15 is 0 Å². The molecule has 0 aliphatic rings. The molecule has 7 heteroatoms. The van der Waals surface area contributed by atoms with Crippen LogP contribution in [-0.4, -0.2) is 37.9 Å². The Labute approximate surface area is 119 Å². The number of benzene rings is 1. The number of phenols is 2. The first kappa shape index (κ1) is 12.9. The van der Waals surface area contributed by atoms with Crippen molar-refractivity contribution in [3.05, 3.63) is 42.1 Å². The number of hydrogen-bond donors (Lipinski definition) is 2. The van der Waals surface area contributed by atoms with Crippen LogP contribution in [-0.2, 0) is 4.74 Å². The van der Waals surface area contributed by atoms with Crippen molar-refractivity contribution in [1.82, 2.24) is 14.6 Å². The Morgan fingerprint density at radius 2 is 1.86 bits per heavy atom. The molecule has 0 unspecified atom stereocenters. The van der Waals surface area contributed by atoms with Crippen LogP contribution in [0.4, 0.5) is 0 Å². The molecule has 0 aliphatic carbocycles. The summed E-state index contributed by atoms with van der Waals surface area (Å²) in [6.45, 7) is 0. The normalized spacial score (nSPS) is 10.7. The summed E-state index contributed by atoms with van der Waals surface area (Å²) in [5.74, 6) is -0.269. The highest BCUT2D eigenvalue weighted by atomic mass is 16.5. The van der Waals surface area contributed by atoms with Crippen molar-refractivity contribution in [3.63, 3.8) is 0 Å². The maximum Gasteiger partial charge on any atom is 0.339 e. The van der Waals surface area contributed by atoms with Crippen LogP contribution in [0.2, 0.25) is 0 Å². The average molecular weight is 285 g/mol. The molecule has 2 aromatic heterocycles. The topological polar surface area (TPSA) is 97.0 Å². The van der Waals surface area contributed by atoms with E-state index in [4.69, 9.17) is 0 Å². The maximum absolute atomic E-state index is 11.6. The minimum atomic E-state index is -0.477. The average Bonchev–Trinajstić information content (AvgIpc) is 2.88. The number of carbonyl (C=O) groups is 1. The van der Waals surface area contributed by atoms with Crippen LogP contribution in [0.1, 0.15) is 10.4 Å². The van der Waals surface area contributed by atoms with Crippen LogP contribution in [0.3, 0.4) is 0 Å². The third-order valence-electron chi connectivity index (χ3n) is 2.98. The molecule has 2 heterocycles. The van der Waals surface area contributed by atoms with Crippen molar-refractivity contribution in [3.8, 4) is 22.9 Å². The Hall–Kier alpha value is -3.09. The fraction of sp³-hybridized carbons (Fsp3) is 0.0714. The first-order chi connectivity index (χ1) is 10.1. The molecule has 0 aliphatic heterocycles. The zero-order chi connectivity index (χ0) is 15.0. The number of pyridine rings is 1. The number of phenolic OH excluding ortho intramolecular Hbond substituents is 2. The lowest BCUT2D eigenvalue weighted by molar-refractivity contribution is 0.0600. The third-order valence-corrected chi connectivity index (χ3v) is 2.98. The first-order valence-corrected chi connectivity index (χ1v) is 6.05. The summed E-state index contributed by atoms with van der Waals surface area (Å²) >= 11 is 0. The van der Waals surface area contributed by atoms with Crippen LogP contribution in [0.5, 0.6) is 11.5 Å². The second-order valence-electron chi connectivity index (χ2n) is 4.40. The summed E-state index contributed by atoms with van der Waals surface area (Å²) in [5, 5.41) is 27.1. The van der Waals surface area contributed by atoms with E-state index in [1.165, 1.54) is 31.5 Å². The summed E-state index contributed by atoms with van der Waals surface area (Å²) in [4.78, 5) is 11.6. The van der Waals surface area contributed by atoms with E-state index < -0.39 is 5.97 Å². The van der Waals surface area contributed by atoms with E-state index in [-0.39, 0.29) is 11.5 Å². The summed E-state index contributed by atoms with van der Waals surface area (Å²) in [7, 11) is 1.30. The van der Waals surface area contributed by atoms with Crippen LogP contribution in [0.25, 0.3) is 17.0 Å². The van der Waals surface area contributed by atoms with Gasteiger partial charge in [0.05, 0.1) is 12.7 Å². The third kappa shape index (κ3) is 2.25. The van der Waals surface area contributed by atoms with E-state index in [9.17, 15) is 15.0 Å². The van der Waals surface area contributed by atoms with Gasteiger partial charge in [0, 0.05) is 17.8 Å². The number of nitrogens with zero attached hydrogens (tertiary/aromatic N) is 3. The summed E-state index contributed by atoms with van der Waals surface area (Å²) in [5.41, 5.74) is 1.35. The fourth-order valence-corrected chi connectivity index (χ4v) is 2.05. The van der Waals surface area contributed by atoms with Crippen LogP contribution in [0.15, 0.2) is 36.5 Å². The molecule has 3 rings (SSSR count). The lowest BCUT2D eigenvalue weighted by Gasteiger charge is -2.04. The molecule has 21 heavy (non-hydrogen) atoms. The van der Waals surface area contributed by atoms with Gasteiger partial charge in [-0.25, -0.2) is 4.79 Å². The summed E-state index contributed by atoms with van der Waals surface area (Å²) in [6, 6.07) is 7.32. The van der Waals surface area contributed by atoms with Crippen molar-refractivity contribution >= 4 is 11.6 Å². The molecule has 0 spiro atoms. The first-order valence-electron chi connectivity index (χ1n) is 6.05. The highest BCUT2D eigenvalue weighted by molar-refractivity contribution is 5.89. The largest absolute Gasteiger partial charge is 0.508 e. The van der Waals surface area contributed by atoms with Crippen molar-refractivity contribution in [2.75, 3.05) is 7.11 Å². The van der Waals surface area contributed by atoms with Gasteiger partial charge in [0.2, 0.25) is 0 Å². The Morgan fingerprint density at radius 3 is 2.52 bits per heavy atom. The maximum atomic E-state index is 11.6. The van der Waals surface area contributed by atoms with Gasteiger partial charge in [0.25, 0.3) is 0 Å². The molecule has 0 radical (unpaired) electrons. The number of fused-ring (bicyclic) bond motifs is 1. The van der Waals surface area contributed by atoms with Crippen molar-refractivity contribution < 1.29 is 19.7 Å². The van der Waals surface area contributed by atoms with E-state index in [0.717, 1.165) is 0 Å². The van der Waals surface area contributed by atoms with Gasteiger partial charge in [0.1, 0.15) is 11.5 Å². The molecule has 0 saturated carbocycles. The minimum Gasteiger partial charge on any atom is -0.508 e. The molecule has 0 saturated heterocycles. The predicted molar refractivity (Wildman–Crippen MR) is 73.1 cm³/mol. The number of methoxy groups -OCH3 is 1. The van der Waals surface area contributed by atoms with Gasteiger partial charge in [0.15, 0.2) is 11.5 Å².